The van der Waals surface area contributed by atoms with Crippen LogP contribution in [0.1, 0.15) is 24.8 Å². The summed E-state index contributed by atoms with van der Waals surface area (Å²) in [5, 5.41) is 3.51. The fourth-order valence-electron chi connectivity index (χ4n) is 1.72. The first-order valence-electron chi connectivity index (χ1n) is 5.70. The lowest BCUT2D eigenvalue weighted by Crippen LogP contribution is -2.18. The van der Waals surface area contributed by atoms with Gasteiger partial charge in [0.1, 0.15) is 0 Å². The number of benzene rings is 1. The van der Waals surface area contributed by atoms with Crippen molar-refractivity contribution in [2.24, 2.45) is 5.92 Å². The number of hydrogen-bond donors (Lipinski definition) is 1. The Morgan fingerprint density at radius 1 is 1.07 bits per heavy atom. The summed E-state index contributed by atoms with van der Waals surface area (Å²) in [7, 11) is 0. The van der Waals surface area contributed by atoms with Crippen LogP contribution in [0, 0.1) is 5.92 Å². The maximum absolute atomic E-state index is 3.51. The van der Waals surface area contributed by atoms with E-state index < -0.39 is 0 Å². The molecule has 1 fully saturated rings. The number of nitrogens with one attached hydrogen (secondary N) is 1. The van der Waals surface area contributed by atoms with Gasteiger partial charge in [-0.2, -0.15) is 0 Å². The molecule has 0 bridgehead atoms. The molecule has 1 saturated carbocycles. The van der Waals surface area contributed by atoms with Crippen LogP contribution in [-0.2, 0) is 6.42 Å². The highest BCUT2D eigenvalue weighted by atomic mass is 14.8. The topological polar surface area (TPSA) is 12.0 Å². The SMILES string of the molecule is c1ccc(CCNCCC2CC2)cc1. The highest BCUT2D eigenvalue weighted by molar-refractivity contribution is 5.14. The fourth-order valence-corrected chi connectivity index (χ4v) is 1.72. The Bertz CT molecular complexity index is 251. The third kappa shape index (κ3) is 3.51. The van der Waals surface area contributed by atoms with Crippen LogP contribution in [-0.4, -0.2) is 13.1 Å². The summed E-state index contributed by atoms with van der Waals surface area (Å²) in [6.45, 7) is 2.33. The van der Waals surface area contributed by atoms with Gasteiger partial charge in [0.2, 0.25) is 0 Å². The number of hydrogen-bond acceptors (Lipinski definition) is 1. The van der Waals surface area contributed by atoms with Crippen molar-refractivity contribution in [2.45, 2.75) is 25.7 Å². The average Bonchev–Trinajstić information content (AvgIpc) is 3.03. The van der Waals surface area contributed by atoms with Crippen molar-refractivity contribution in [3.05, 3.63) is 35.9 Å². The molecule has 0 spiro atoms. The normalized spacial score (nSPS) is 15.7. The maximum Gasteiger partial charge on any atom is -0.000835 e. The molecule has 1 heteroatoms. The molecule has 0 unspecified atom stereocenters. The van der Waals surface area contributed by atoms with Crippen LogP contribution >= 0.6 is 0 Å². The van der Waals surface area contributed by atoms with Crippen LogP contribution in [0.5, 0.6) is 0 Å². The van der Waals surface area contributed by atoms with E-state index >= 15 is 0 Å². The van der Waals surface area contributed by atoms with Crippen molar-refractivity contribution in [1.82, 2.24) is 5.32 Å². The van der Waals surface area contributed by atoms with Gasteiger partial charge in [-0.3, -0.25) is 0 Å². The second kappa shape index (κ2) is 5.16. The molecule has 0 heterocycles. The first kappa shape index (κ1) is 9.72. The third-order valence-electron chi connectivity index (χ3n) is 2.86. The van der Waals surface area contributed by atoms with Crippen molar-refractivity contribution < 1.29 is 0 Å². The minimum Gasteiger partial charge on any atom is -0.316 e. The van der Waals surface area contributed by atoms with Crippen LogP contribution in [0.4, 0.5) is 0 Å². The van der Waals surface area contributed by atoms with E-state index in [4.69, 9.17) is 0 Å². The highest BCUT2D eigenvalue weighted by Crippen LogP contribution is 2.31. The van der Waals surface area contributed by atoms with E-state index in [2.05, 4.69) is 35.6 Å². The van der Waals surface area contributed by atoms with E-state index in [-0.39, 0.29) is 0 Å². The number of rotatable bonds is 6. The van der Waals surface area contributed by atoms with Crippen molar-refractivity contribution in [3.63, 3.8) is 0 Å². The second-order valence-corrected chi connectivity index (χ2v) is 4.22. The molecule has 1 aliphatic rings. The molecule has 0 aliphatic heterocycles. The Hall–Kier alpha value is -0.820. The lowest BCUT2D eigenvalue weighted by molar-refractivity contribution is 0.613. The van der Waals surface area contributed by atoms with E-state index in [1.165, 1.54) is 31.4 Å². The Labute approximate surface area is 86.5 Å². The zero-order chi connectivity index (χ0) is 9.64. The smallest absolute Gasteiger partial charge is 0.000835 e. The summed E-state index contributed by atoms with van der Waals surface area (Å²) in [5.41, 5.74) is 1.44. The molecular weight excluding hydrogens is 170 g/mol. The predicted molar refractivity (Wildman–Crippen MR) is 60.4 cm³/mol. The molecule has 0 saturated heterocycles. The quantitative estimate of drug-likeness (QED) is 0.678. The molecule has 1 nitrogen and oxygen atoms in total. The van der Waals surface area contributed by atoms with Gasteiger partial charge in [-0.05, 0) is 37.4 Å². The van der Waals surface area contributed by atoms with Crippen molar-refractivity contribution in [2.75, 3.05) is 13.1 Å². The van der Waals surface area contributed by atoms with E-state index in [0.29, 0.717) is 0 Å². The molecule has 0 atom stereocenters. The van der Waals surface area contributed by atoms with Gasteiger partial charge in [-0.25, -0.2) is 0 Å². The first-order chi connectivity index (χ1) is 6.95. The summed E-state index contributed by atoms with van der Waals surface area (Å²) in [4.78, 5) is 0. The predicted octanol–water partition coefficient (Wildman–Crippen LogP) is 2.62. The molecule has 0 amide bonds. The van der Waals surface area contributed by atoms with E-state index in [1.807, 2.05) is 0 Å². The zero-order valence-electron chi connectivity index (χ0n) is 8.71. The average molecular weight is 189 g/mol. The summed E-state index contributed by atoms with van der Waals surface area (Å²) >= 11 is 0. The minimum absolute atomic E-state index is 1.05. The second-order valence-electron chi connectivity index (χ2n) is 4.22. The van der Waals surface area contributed by atoms with Crippen molar-refractivity contribution >= 4 is 0 Å². The maximum atomic E-state index is 3.51. The van der Waals surface area contributed by atoms with Crippen molar-refractivity contribution in [1.29, 1.82) is 0 Å². The zero-order valence-corrected chi connectivity index (χ0v) is 8.71. The molecule has 0 aromatic heterocycles. The van der Waals surface area contributed by atoms with Gasteiger partial charge in [0.05, 0.1) is 0 Å². The largest absolute Gasteiger partial charge is 0.316 e. The van der Waals surface area contributed by atoms with Gasteiger partial charge in [-0.1, -0.05) is 43.2 Å². The third-order valence-corrected chi connectivity index (χ3v) is 2.86. The Morgan fingerprint density at radius 2 is 1.86 bits per heavy atom. The summed E-state index contributed by atoms with van der Waals surface area (Å²) in [6.07, 6.45) is 5.49. The molecule has 1 aromatic rings. The minimum atomic E-state index is 1.05. The molecule has 1 aliphatic carbocycles. The van der Waals surface area contributed by atoms with Gasteiger partial charge in [0.15, 0.2) is 0 Å². The molecular formula is C13H19N. The molecule has 1 N–H and O–H groups in total. The summed E-state index contributed by atoms with van der Waals surface area (Å²) < 4.78 is 0. The lowest BCUT2D eigenvalue weighted by atomic mass is 10.1. The Morgan fingerprint density at radius 3 is 2.57 bits per heavy atom. The molecule has 0 radical (unpaired) electrons. The van der Waals surface area contributed by atoms with E-state index in [0.717, 1.165) is 18.9 Å². The summed E-state index contributed by atoms with van der Waals surface area (Å²) in [5.74, 6) is 1.05. The fraction of sp³-hybridized carbons (Fsp3) is 0.538. The first-order valence-corrected chi connectivity index (χ1v) is 5.70. The van der Waals surface area contributed by atoms with E-state index in [9.17, 15) is 0 Å². The molecule has 1 aromatic carbocycles. The van der Waals surface area contributed by atoms with Gasteiger partial charge >= 0.3 is 0 Å². The van der Waals surface area contributed by atoms with Gasteiger partial charge in [0.25, 0.3) is 0 Å². The van der Waals surface area contributed by atoms with Gasteiger partial charge in [0, 0.05) is 0 Å². The molecule has 76 valence electrons. The monoisotopic (exact) mass is 189 g/mol. The van der Waals surface area contributed by atoms with E-state index in [1.54, 1.807) is 0 Å². The summed E-state index contributed by atoms with van der Waals surface area (Å²) in [6, 6.07) is 10.7. The van der Waals surface area contributed by atoms with Gasteiger partial charge < -0.3 is 5.32 Å². The Balaban J connectivity index is 1.54. The van der Waals surface area contributed by atoms with Crippen molar-refractivity contribution in [3.8, 4) is 0 Å². The molecule has 14 heavy (non-hydrogen) atoms. The van der Waals surface area contributed by atoms with Crippen LogP contribution in [0.3, 0.4) is 0 Å². The van der Waals surface area contributed by atoms with Crippen LogP contribution in [0.25, 0.3) is 0 Å². The standard InChI is InChI=1S/C13H19N/c1-2-4-12(5-3-1)8-10-14-11-9-13-6-7-13/h1-5,13-14H,6-11H2. The molecule has 2 rings (SSSR count). The Kier molecular flexibility index (Phi) is 3.58. The van der Waals surface area contributed by atoms with Crippen LogP contribution < -0.4 is 5.32 Å². The van der Waals surface area contributed by atoms with Crippen LogP contribution in [0.15, 0.2) is 30.3 Å². The van der Waals surface area contributed by atoms with Crippen LogP contribution in [0.2, 0.25) is 0 Å². The lowest BCUT2D eigenvalue weighted by Gasteiger charge is -2.03. The highest BCUT2D eigenvalue weighted by Gasteiger charge is 2.19. The van der Waals surface area contributed by atoms with Gasteiger partial charge in [-0.15, -0.1) is 0 Å².